The van der Waals surface area contributed by atoms with E-state index >= 15 is 0 Å². The average molecular weight is 182 g/mol. The Balaban J connectivity index is 2.73. The highest BCUT2D eigenvalue weighted by Crippen LogP contribution is 2.25. The van der Waals surface area contributed by atoms with E-state index in [1.165, 1.54) is 17.8 Å². The lowest BCUT2D eigenvalue weighted by Gasteiger charge is -1.97. The van der Waals surface area contributed by atoms with Crippen LogP contribution in [-0.4, -0.2) is 6.26 Å². The zero-order chi connectivity index (χ0) is 8.55. The maximum atomic E-state index is 13.1. The molecule has 0 unspecified atom stereocenters. The monoisotopic (exact) mass is 182 g/mol. The molecular weight excluding hydrogens is 175 g/mol. The zero-order valence-corrected chi connectivity index (χ0v) is 7.32. The second-order valence-electron chi connectivity index (χ2n) is 2.45. The third-order valence-corrected chi connectivity index (χ3v) is 2.48. The summed E-state index contributed by atoms with van der Waals surface area (Å²) in [6.45, 7) is 0. The summed E-state index contributed by atoms with van der Waals surface area (Å²) >= 11 is 1.38. The summed E-state index contributed by atoms with van der Waals surface area (Å²) in [5.41, 5.74) is 0.737. The van der Waals surface area contributed by atoms with Gasteiger partial charge in [0, 0.05) is 10.3 Å². The first-order valence-corrected chi connectivity index (χ1v) is 4.74. The lowest BCUT2D eigenvalue weighted by molar-refractivity contribution is 0.594. The molecule has 1 heterocycles. The van der Waals surface area contributed by atoms with Crippen molar-refractivity contribution in [3.63, 3.8) is 0 Å². The van der Waals surface area contributed by atoms with E-state index in [1.807, 2.05) is 6.26 Å². The molecule has 2 aromatic rings. The number of thioether (sulfide) groups is 1. The second-order valence-corrected chi connectivity index (χ2v) is 3.29. The predicted octanol–water partition coefficient (Wildman–Crippen LogP) is 3.29. The van der Waals surface area contributed by atoms with Gasteiger partial charge in [-0.05, 0) is 24.5 Å². The van der Waals surface area contributed by atoms with Gasteiger partial charge in [0.25, 0.3) is 0 Å². The van der Waals surface area contributed by atoms with Crippen LogP contribution in [0.25, 0.3) is 11.0 Å². The van der Waals surface area contributed by atoms with Gasteiger partial charge < -0.3 is 4.42 Å². The molecule has 0 aliphatic carbocycles. The summed E-state index contributed by atoms with van der Waals surface area (Å²) in [7, 11) is 0. The molecular formula is C9H7FOS. The summed E-state index contributed by atoms with van der Waals surface area (Å²) in [5.74, 6) is -0.184. The van der Waals surface area contributed by atoms with Crippen molar-refractivity contribution in [2.75, 3.05) is 6.26 Å². The molecule has 0 saturated heterocycles. The number of fused-ring (bicyclic) bond motifs is 1. The smallest absolute Gasteiger partial charge is 0.137 e. The molecule has 0 spiro atoms. The average Bonchev–Trinajstić information content (AvgIpc) is 2.49. The fourth-order valence-corrected chi connectivity index (χ4v) is 1.60. The Hall–Kier alpha value is -0.960. The number of benzene rings is 1. The molecule has 62 valence electrons. The minimum absolute atomic E-state index is 0.184. The molecule has 0 aliphatic rings. The van der Waals surface area contributed by atoms with E-state index in [-0.39, 0.29) is 5.82 Å². The Kier molecular flexibility index (Phi) is 1.81. The minimum atomic E-state index is -0.184. The number of hydrogen-bond acceptors (Lipinski definition) is 2. The number of halogens is 1. The molecule has 0 atom stereocenters. The zero-order valence-electron chi connectivity index (χ0n) is 6.50. The number of hydrogen-bond donors (Lipinski definition) is 0. The highest BCUT2D eigenvalue weighted by atomic mass is 32.2. The quantitative estimate of drug-likeness (QED) is 0.628. The lowest BCUT2D eigenvalue weighted by Crippen LogP contribution is -1.78. The first-order chi connectivity index (χ1) is 5.81. The first kappa shape index (κ1) is 7.68. The predicted molar refractivity (Wildman–Crippen MR) is 48.0 cm³/mol. The highest BCUT2D eigenvalue weighted by molar-refractivity contribution is 7.98. The summed E-state index contributed by atoms with van der Waals surface area (Å²) < 4.78 is 18.3. The molecule has 0 bridgehead atoms. The van der Waals surface area contributed by atoms with Crippen molar-refractivity contribution in [3.8, 4) is 0 Å². The van der Waals surface area contributed by atoms with E-state index < -0.39 is 0 Å². The summed E-state index contributed by atoms with van der Waals surface area (Å²) in [6.07, 6.45) is 3.40. The lowest BCUT2D eigenvalue weighted by atomic mass is 10.2. The Bertz CT molecular complexity index is 408. The Morgan fingerprint density at radius 3 is 3.00 bits per heavy atom. The third-order valence-electron chi connectivity index (χ3n) is 1.73. The Morgan fingerprint density at radius 2 is 2.25 bits per heavy atom. The van der Waals surface area contributed by atoms with Crippen molar-refractivity contribution in [2.24, 2.45) is 0 Å². The first-order valence-electron chi connectivity index (χ1n) is 3.52. The van der Waals surface area contributed by atoms with Crippen molar-refractivity contribution in [1.82, 2.24) is 0 Å². The summed E-state index contributed by atoms with van der Waals surface area (Å²) in [6, 6.07) is 4.96. The van der Waals surface area contributed by atoms with E-state index in [4.69, 9.17) is 4.42 Å². The third kappa shape index (κ3) is 1.10. The fraction of sp³-hybridized carbons (Fsp3) is 0.111. The summed E-state index contributed by atoms with van der Waals surface area (Å²) in [4.78, 5) is 0.623. The van der Waals surface area contributed by atoms with Crippen LogP contribution in [0, 0.1) is 5.82 Å². The molecule has 0 fully saturated rings. The van der Waals surface area contributed by atoms with Crippen molar-refractivity contribution in [1.29, 1.82) is 0 Å². The van der Waals surface area contributed by atoms with Gasteiger partial charge in [-0.15, -0.1) is 11.8 Å². The Morgan fingerprint density at radius 1 is 1.42 bits per heavy atom. The van der Waals surface area contributed by atoms with Crippen molar-refractivity contribution >= 4 is 22.7 Å². The van der Waals surface area contributed by atoms with Crippen LogP contribution in [0.15, 0.2) is 33.8 Å². The van der Waals surface area contributed by atoms with Gasteiger partial charge in [0.2, 0.25) is 0 Å². The van der Waals surface area contributed by atoms with E-state index in [2.05, 4.69) is 0 Å². The van der Waals surface area contributed by atoms with Crippen LogP contribution >= 0.6 is 11.8 Å². The largest absolute Gasteiger partial charge is 0.464 e. The molecule has 1 aromatic carbocycles. The highest BCUT2D eigenvalue weighted by Gasteiger charge is 2.04. The molecule has 12 heavy (non-hydrogen) atoms. The molecule has 0 amide bonds. The second kappa shape index (κ2) is 2.83. The van der Waals surface area contributed by atoms with Crippen molar-refractivity contribution in [2.45, 2.75) is 4.90 Å². The molecule has 1 aromatic heterocycles. The van der Waals surface area contributed by atoms with Crippen molar-refractivity contribution in [3.05, 3.63) is 30.3 Å². The minimum Gasteiger partial charge on any atom is -0.464 e. The fourth-order valence-electron chi connectivity index (χ4n) is 1.12. The van der Waals surface area contributed by atoms with Crippen LogP contribution in [0.5, 0.6) is 0 Å². The van der Waals surface area contributed by atoms with Crippen LogP contribution in [0.3, 0.4) is 0 Å². The summed E-state index contributed by atoms with van der Waals surface area (Å²) in [5, 5.41) is 0.810. The van der Waals surface area contributed by atoms with Gasteiger partial charge in [0.1, 0.15) is 11.4 Å². The number of rotatable bonds is 1. The normalized spacial score (nSPS) is 10.8. The molecule has 0 saturated carbocycles. The van der Waals surface area contributed by atoms with Crippen LogP contribution in [0.2, 0.25) is 0 Å². The molecule has 2 rings (SSSR count). The van der Waals surface area contributed by atoms with Gasteiger partial charge in [0.15, 0.2) is 0 Å². The number of furan rings is 1. The van der Waals surface area contributed by atoms with Gasteiger partial charge in [-0.2, -0.15) is 0 Å². The standard InChI is InChI=1S/C9H7FOS/c1-12-9-5-8-6(2-3-11-8)4-7(9)10/h2-5H,1H3. The maximum absolute atomic E-state index is 13.1. The molecule has 0 N–H and O–H groups in total. The van der Waals surface area contributed by atoms with Crippen LogP contribution < -0.4 is 0 Å². The van der Waals surface area contributed by atoms with E-state index in [9.17, 15) is 4.39 Å². The van der Waals surface area contributed by atoms with E-state index in [1.54, 1.807) is 18.4 Å². The van der Waals surface area contributed by atoms with Gasteiger partial charge in [-0.3, -0.25) is 0 Å². The SMILES string of the molecule is CSc1cc2occc2cc1F. The van der Waals surface area contributed by atoms with Crippen molar-refractivity contribution < 1.29 is 8.81 Å². The van der Waals surface area contributed by atoms with Gasteiger partial charge >= 0.3 is 0 Å². The maximum Gasteiger partial charge on any atom is 0.137 e. The topological polar surface area (TPSA) is 13.1 Å². The van der Waals surface area contributed by atoms with Crippen LogP contribution in [0.4, 0.5) is 4.39 Å². The van der Waals surface area contributed by atoms with Crippen LogP contribution in [0.1, 0.15) is 0 Å². The van der Waals surface area contributed by atoms with Gasteiger partial charge in [-0.1, -0.05) is 0 Å². The van der Waals surface area contributed by atoms with Gasteiger partial charge in [-0.25, -0.2) is 4.39 Å². The molecule has 0 radical (unpaired) electrons. The van der Waals surface area contributed by atoms with E-state index in [0.717, 1.165) is 11.0 Å². The van der Waals surface area contributed by atoms with Gasteiger partial charge in [0.05, 0.1) is 6.26 Å². The molecule has 1 nitrogen and oxygen atoms in total. The Labute approximate surface area is 73.6 Å². The van der Waals surface area contributed by atoms with E-state index in [0.29, 0.717) is 4.90 Å². The molecule has 0 aliphatic heterocycles. The van der Waals surface area contributed by atoms with Crippen LogP contribution in [-0.2, 0) is 0 Å². The molecule has 3 heteroatoms.